The van der Waals surface area contributed by atoms with E-state index in [9.17, 15) is 0 Å². The molecule has 1 aliphatic carbocycles. The number of rotatable bonds is 2. The zero-order valence-corrected chi connectivity index (χ0v) is 6.40. The van der Waals surface area contributed by atoms with Crippen molar-refractivity contribution in [2.45, 2.75) is 37.8 Å². The summed E-state index contributed by atoms with van der Waals surface area (Å²) in [5.41, 5.74) is 5.75. The average Bonchev–Trinajstić information content (AvgIpc) is 2.49. The lowest BCUT2D eigenvalue weighted by Gasteiger charge is -2.29. The molecule has 0 saturated heterocycles. The van der Waals surface area contributed by atoms with E-state index in [1.165, 1.54) is 0 Å². The van der Waals surface area contributed by atoms with Crippen LogP contribution in [0.3, 0.4) is 0 Å². The standard InChI is InChI=1S/C7H15NO/c1-6(2,9-3)7(8)4-5-7/h4-5,8H2,1-3H3. The fraction of sp³-hybridized carbons (Fsp3) is 1.00. The number of methoxy groups -OCH3 is 1. The first-order valence-corrected chi connectivity index (χ1v) is 3.36. The fourth-order valence-electron chi connectivity index (χ4n) is 0.940. The van der Waals surface area contributed by atoms with Crippen LogP contribution in [0.1, 0.15) is 26.7 Å². The van der Waals surface area contributed by atoms with E-state index in [4.69, 9.17) is 10.5 Å². The number of nitrogens with two attached hydrogens (primary N) is 1. The first-order valence-electron chi connectivity index (χ1n) is 3.36. The second-order valence-electron chi connectivity index (χ2n) is 3.37. The van der Waals surface area contributed by atoms with Crippen molar-refractivity contribution in [1.29, 1.82) is 0 Å². The van der Waals surface area contributed by atoms with E-state index < -0.39 is 0 Å². The molecule has 0 bridgehead atoms. The summed E-state index contributed by atoms with van der Waals surface area (Å²) in [6.07, 6.45) is 2.21. The minimum absolute atomic E-state index is 0.0260. The van der Waals surface area contributed by atoms with Crippen molar-refractivity contribution in [2.75, 3.05) is 7.11 Å². The Bertz CT molecular complexity index is 116. The molecule has 1 saturated carbocycles. The van der Waals surface area contributed by atoms with E-state index in [0.717, 1.165) is 12.8 Å². The highest BCUT2D eigenvalue weighted by Crippen LogP contribution is 2.43. The van der Waals surface area contributed by atoms with E-state index in [1.807, 2.05) is 13.8 Å². The topological polar surface area (TPSA) is 35.2 Å². The molecule has 0 heterocycles. The Labute approximate surface area is 56.4 Å². The smallest absolute Gasteiger partial charge is 0.0801 e. The molecule has 0 spiro atoms. The van der Waals surface area contributed by atoms with Crippen molar-refractivity contribution in [3.05, 3.63) is 0 Å². The van der Waals surface area contributed by atoms with Crippen LogP contribution in [-0.2, 0) is 4.74 Å². The lowest BCUT2D eigenvalue weighted by Crippen LogP contribution is -2.47. The van der Waals surface area contributed by atoms with Gasteiger partial charge >= 0.3 is 0 Å². The van der Waals surface area contributed by atoms with Crippen LogP contribution < -0.4 is 5.73 Å². The Morgan fingerprint density at radius 2 is 1.89 bits per heavy atom. The van der Waals surface area contributed by atoms with Crippen molar-refractivity contribution in [2.24, 2.45) is 5.73 Å². The molecule has 0 unspecified atom stereocenters. The van der Waals surface area contributed by atoms with Crippen molar-refractivity contribution >= 4 is 0 Å². The normalized spacial score (nSPS) is 24.0. The summed E-state index contributed by atoms with van der Waals surface area (Å²) in [6.45, 7) is 4.08. The van der Waals surface area contributed by atoms with Gasteiger partial charge in [0.25, 0.3) is 0 Å². The highest BCUT2D eigenvalue weighted by molar-refractivity contribution is 5.10. The Morgan fingerprint density at radius 3 is 2.00 bits per heavy atom. The van der Waals surface area contributed by atoms with Gasteiger partial charge < -0.3 is 10.5 Å². The first-order chi connectivity index (χ1) is 4.02. The Morgan fingerprint density at radius 1 is 1.44 bits per heavy atom. The first kappa shape index (κ1) is 7.03. The molecular weight excluding hydrogens is 114 g/mol. The van der Waals surface area contributed by atoms with Gasteiger partial charge in [0.15, 0.2) is 0 Å². The van der Waals surface area contributed by atoms with Gasteiger partial charge in [-0.2, -0.15) is 0 Å². The highest BCUT2D eigenvalue weighted by Gasteiger charge is 2.51. The van der Waals surface area contributed by atoms with Crippen LogP contribution in [0.15, 0.2) is 0 Å². The third-order valence-electron chi connectivity index (χ3n) is 2.50. The monoisotopic (exact) mass is 129 g/mol. The molecule has 0 aromatic rings. The number of hydrogen-bond donors (Lipinski definition) is 1. The summed E-state index contributed by atoms with van der Waals surface area (Å²) >= 11 is 0. The molecule has 1 aliphatic rings. The molecular formula is C7H15NO. The third-order valence-corrected chi connectivity index (χ3v) is 2.50. The Hall–Kier alpha value is -0.0800. The quantitative estimate of drug-likeness (QED) is 0.601. The van der Waals surface area contributed by atoms with Crippen molar-refractivity contribution < 1.29 is 4.74 Å². The summed E-state index contributed by atoms with van der Waals surface area (Å²) in [5, 5.41) is 0. The van der Waals surface area contributed by atoms with E-state index >= 15 is 0 Å². The van der Waals surface area contributed by atoms with Gasteiger partial charge in [-0.05, 0) is 26.7 Å². The summed E-state index contributed by atoms with van der Waals surface area (Å²) in [6, 6.07) is 0. The lowest BCUT2D eigenvalue weighted by atomic mass is 9.97. The predicted molar refractivity (Wildman–Crippen MR) is 37.2 cm³/mol. The second-order valence-corrected chi connectivity index (χ2v) is 3.37. The maximum Gasteiger partial charge on any atom is 0.0801 e. The lowest BCUT2D eigenvalue weighted by molar-refractivity contribution is -0.00806. The zero-order valence-electron chi connectivity index (χ0n) is 6.40. The zero-order chi connectivity index (χ0) is 7.12. The van der Waals surface area contributed by atoms with Gasteiger partial charge in [-0.25, -0.2) is 0 Å². The van der Waals surface area contributed by atoms with Crippen molar-refractivity contribution in [1.82, 2.24) is 0 Å². The molecule has 2 N–H and O–H groups in total. The average molecular weight is 129 g/mol. The number of hydrogen-bond acceptors (Lipinski definition) is 2. The van der Waals surface area contributed by atoms with Gasteiger partial charge in [0.05, 0.1) is 5.60 Å². The van der Waals surface area contributed by atoms with Crippen LogP contribution in [0.4, 0.5) is 0 Å². The van der Waals surface area contributed by atoms with Crippen LogP contribution in [-0.4, -0.2) is 18.2 Å². The van der Waals surface area contributed by atoms with Gasteiger partial charge in [-0.15, -0.1) is 0 Å². The van der Waals surface area contributed by atoms with Gasteiger partial charge in [-0.3, -0.25) is 0 Å². The minimum atomic E-state index is -0.132. The van der Waals surface area contributed by atoms with E-state index in [1.54, 1.807) is 7.11 Å². The van der Waals surface area contributed by atoms with Gasteiger partial charge in [0.1, 0.15) is 0 Å². The van der Waals surface area contributed by atoms with Gasteiger partial charge in [-0.1, -0.05) is 0 Å². The highest BCUT2D eigenvalue weighted by atomic mass is 16.5. The molecule has 2 nitrogen and oxygen atoms in total. The maximum absolute atomic E-state index is 5.91. The van der Waals surface area contributed by atoms with Crippen LogP contribution in [0, 0.1) is 0 Å². The molecule has 0 amide bonds. The molecule has 2 heteroatoms. The predicted octanol–water partition coefficient (Wildman–Crippen LogP) is 0.903. The molecule has 1 rings (SSSR count). The maximum atomic E-state index is 5.91. The van der Waals surface area contributed by atoms with E-state index in [0.29, 0.717) is 0 Å². The molecule has 54 valence electrons. The summed E-state index contributed by atoms with van der Waals surface area (Å²) in [5.74, 6) is 0. The molecule has 1 fully saturated rings. The van der Waals surface area contributed by atoms with Gasteiger partial charge in [0.2, 0.25) is 0 Å². The molecule has 0 aromatic carbocycles. The van der Waals surface area contributed by atoms with E-state index in [-0.39, 0.29) is 11.1 Å². The van der Waals surface area contributed by atoms with Crippen LogP contribution in [0.5, 0.6) is 0 Å². The molecule has 9 heavy (non-hydrogen) atoms. The SMILES string of the molecule is COC(C)(C)C1(N)CC1. The third kappa shape index (κ3) is 0.970. The van der Waals surface area contributed by atoms with Gasteiger partial charge in [0, 0.05) is 12.6 Å². The van der Waals surface area contributed by atoms with Crippen molar-refractivity contribution in [3.63, 3.8) is 0 Å². The fourth-order valence-corrected chi connectivity index (χ4v) is 0.940. The van der Waals surface area contributed by atoms with E-state index in [2.05, 4.69) is 0 Å². The van der Waals surface area contributed by atoms with Crippen LogP contribution in [0.25, 0.3) is 0 Å². The largest absolute Gasteiger partial charge is 0.377 e. The minimum Gasteiger partial charge on any atom is -0.377 e. The van der Waals surface area contributed by atoms with Crippen molar-refractivity contribution in [3.8, 4) is 0 Å². The summed E-state index contributed by atoms with van der Waals surface area (Å²) in [4.78, 5) is 0. The van der Waals surface area contributed by atoms with Crippen LogP contribution in [0.2, 0.25) is 0 Å². The molecule has 0 atom stereocenters. The summed E-state index contributed by atoms with van der Waals surface area (Å²) in [7, 11) is 1.72. The Balaban J connectivity index is 2.58. The van der Waals surface area contributed by atoms with Crippen LogP contribution >= 0.6 is 0 Å². The number of ether oxygens (including phenoxy) is 1. The molecule has 0 aliphatic heterocycles. The second kappa shape index (κ2) is 1.70. The molecule has 0 aromatic heterocycles. The molecule has 0 radical (unpaired) electrons. The Kier molecular flexibility index (Phi) is 1.33. The summed E-state index contributed by atoms with van der Waals surface area (Å²) < 4.78 is 5.24.